The normalized spacial score (nSPS) is 23.5. The fourth-order valence-electron chi connectivity index (χ4n) is 3.33. The number of amides is 1. The van der Waals surface area contributed by atoms with E-state index in [1.807, 2.05) is 30.3 Å². The molecule has 0 aliphatic carbocycles. The summed E-state index contributed by atoms with van der Waals surface area (Å²) >= 11 is 0. The van der Waals surface area contributed by atoms with Gasteiger partial charge in [-0.2, -0.15) is 0 Å². The molecular formula is C19H16N2O6. The van der Waals surface area contributed by atoms with Gasteiger partial charge in [0.15, 0.2) is 6.04 Å². The molecule has 2 fully saturated rings. The third-order valence-corrected chi connectivity index (χ3v) is 4.74. The number of esters is 1. The molecule has 2 aliphatic rings. The average molecular weight is 368 g/mol. The lowest BCUT2D eigenvalue weighted by Gasteiger charge is -2.35. The first-order chi connectivity index (χ1) is 13.0. The summed E-state index contributed by atoms with van der Waals surface area (Å²) in [5, 5.41) is 10.7. The molecule has 2 aromatic carbocycles. The number of ether oxygens (including phenoxy) is 2. The van der Waals surface area contributed by atoms with Crippen molar-refractivity contribution < 1.29 is 24.0 Å². The maximum atomic E-state index is 12.7. The van der Waals surface area contributed by atoms with Crippen LogP contribution >= 0.6 is 0 Å². The van der Waals surface area contributed by atoms with E-state index in [2.05, 4.69) is 0 Å². The molecule has 8 heteroatoms. The molecule has 1 amide bonds. The van der Waals surface area contributed by atoms with Gasteiger partial charge < -0.3 is 9.47 Å². The highest BCUT2D eigenvalue weighted by Crippen LogP contribution is 2.42. The molecule has 0 N–H and O–H groups in total. The Hall–Kier alpha value is -3.26. The van der Waals surface area contributed by atoms with Gasteiger partial charge in [-0.3, -0.25) is 19.8 Å². The van der Waals surface area contributed by atoms with Crippen LogP contribution in [0.4, 0.5) is 5.69 Å². The van der Waals surface area contributed by atoms with Crippen LogP contribution in [-0.2, 0) is 25.7 Å². The second-order valence-electron chi connectivity index (χ2n) is 6.40. The highest BCUT2D eigenvalue weighted by molar-refractivity contribution is 5.90. The summed E-state index contributed by atoms with van der Waals surface area (Å²) in [5.41, 5.74) is 1.39. The Kier molecular flexibility index (Phi) is 4.33. The van der Waals surface area contributed by atoms with Gasteiger partial charge in [0, 0.05) is 12.1 Å². The van der Waals surface area contributed by atoms with Crippen LogP contribution < -0.4 is 0 Å². The van der Waals surface area contributed by atoms with E-state index in [-0.39, 0.29) is 24.6 Å². The third kappa shape index (κ3) is 3.15. The number of rotatable bonds is 5. The second kappa shape index (κ2) is 6.81. The number of carbonyl (C=O) groups is 2. The molecule has 4 rings (SSSR count). The highest BCUT2D eigenvalue weighted by atomic mass is 16.6. The fraction of sp³-hybridized carbons (Fsp3) is 0.263. The predicted molar refractivity (Wildman–Crippen MR) is 92.2 cm³/mol. The van der Waals surface area contributed by atoms with Crippen molar-refractivity contribution in [2.45, 2.75) is 31.4 Å². The summed E-state index contributed by atoms with van der Waals surface area (Å²) in [6, 6.07) is 14.2. The van der Waals surface area contributed by atoms with Crippen LogP contribution in [0.2, 0.25) is 0 Å². The molecule has 2 heterocycles. The number of nitro groups is 1. The lowest BCUT2D eigenvalue weighted by Crippen LogP contribution is -2.55. The van der Waals surface area contributed by atoms with Gasteiger partial charge in [-0.1, -0.05) is 30.3 Å². The average Bonchev–Trinajstić information content (AvgIpc) is 3.00. The van der Waals surface area contributed by atoms with Crippen LogP contribution in [-0.4, -0.2) is 34.0 Å². The van der Waals surface area contributed by atoms with Gasteiger partial charge >= 0.3 is 5.97 Å². The summed E-state index contributed by atoms with van der Waals surface area (Å²) in [7, 11) is 0. The van der Waals surface area contributed by atoms with Gasteiger partial charge in [-0.05, 0) is 23.3 Å². The van der Waals surface area contributed by atoms with Crippen molar-refractivity contribution in [3.8, 4) is 0 Å². The number of β-lactam (4-membered cyclic amide) rings is 1. The zero-order valence-corrected chi connectivity index (χ0v) is 14.2. The van der Waals surface area contributed by atoms with E-state index >= 15 is 0 Å². The summed E-state index contributed by atoms with van der Waals surface area (Å²) < 4.78 is 11.3. The van der Waals surface area contributed by atoms with Crippen LogP contribution in [0.3, 0.4) is 0 Å². The topological polar surface area (TPSA) is 99.0 Å². The largest absolute Gasteiger partial charge is 0.459 e. The smallest absolute Gasteiger partial charge is 0.332 e. The Labute approximate surface area is 154 Å². The summed E-state index contributed by atoms with van der Waals surface area (Å²) in [6.07, 6.45) is -0.721. The van der Waals surface area contributed by atoms with Gasteiger partial charge in [-0.25, -0.2) is 4.79 Å². The van der Waals surface area contributed by atoms with Gasteiger partial charge in [0.05, 0.1) is 11.3 Å². The quantitative estimate of drug-likeness (QED) is 0.348. The maximum Gasteiger partial charge on any atom is 0.332 e. The van der Waals surface area contributed by atoms with Gasteiger partial charge in [-0.15, -0.1) is 0 Å². The van der Waals surface area contributed by atoms with Crippen LogP contribution in [0.5, 0.6) is 0 Å². The van der Waals surface area contributed by atoms with Crippen molar-refractivity contribution in [2.75, 3.05) is 0 Å². The van der Waals surface area contributed by atoms with E-state index in [0.717, 1.165) is 5.56 Å². The molecule has 0 aromatic heterocycles. The van der Waals surface area contributed by atoms with Crippen molar-refractivity contribution in [3.05, 3.63) is 75.8 Å². The molecule has 0 spiro atoms. The number of hydrogen-bond donors (Lipinski definition) is 0. The molecule has 0 unspecified atom stereocenters. The molecule has 27 heavy (non-hydrogen) atoms. The zero-order chi connectivity index (χ0) is 19.0. The van der Waals surface area contributed by atoms with Crippen LogP contribution in [0.25, 0.3) is 0 Å². The Balaban J connectivity index is 1.48. The van der Waals surface area contributed by atoms with E-state index in [9.17, 15) is 19.7 Å². The standard InChI is InChI=1S/C19H16N2O6/c22-15-10-16-20(15)17(18(27-16)13-4-2-1-3-5-13)19(23)26-11-12-6-8-14(9-7-12)21(24)25/h1-9,16-18H,10-11H2/t16-,17-,18-/m1/s1. The first-order valence-corrected chi connectivity index (χ1v) is 8.46. The molecule has 2 saturated heterocycles. The molecule has 0 radical (unpaired) electrons. The molecule has 0 bridgehead atoms. The summed E-state index contributed by atoms with van der Waals surface area (Å²) in [5.74, 6) is -0.700. The van der Waals surface area contributed by atoms with Crippen LogP contribution in [0.15, 0.2) is 54.6 Å². The molecule has 0 saturated carbocycles. The molecular weight excluding hydrogens is 352 g/mol. The minimum Gasteiger partial charge on any atom is -0.459 e. The highest BCUT2D eigenvalue weighted by Gasteiger charge is 2.56. The van der Waals surface area contributed by atoms with Crippen molar-refractivity contribution in [3.63, 3.8) is 0 Å². The zero-order valence-electron chi connectivity index (χ0n) is 14.2. The predicted octanol–water partition coefficient (Wildman–Crippen LogP) is 2.34. The monoisotopic (exact) mass is 368 g/mol. The van der Waals surface area contributed by atoms with Crippen LogP contribution in [0, 0.1) is 10.1 Å². The molecule has 138 valence electrons. The molecule has 2 aromatic rings. The fourth-order valence-corrected chi connectivity index (χ4v) is 3.33. The first-order valence-electron chi connectivity index (χ1n) is 8.46. The van der Waals surface area contributed by atoms with E-state index in [1.165, 1.54) is 29.2 Å². The Bertz CT molecular complexity index is 883. The second-order valence-corrected chi connectivity index (χ2v) is 6.40. The van der Waals surface area contributed by atoms with Gasteiger partial charge in [0.2, 0.25) is 5.91 Å². The van der Waals surface area contributed by atoms with Crippen molar-refractivity contribution in [2.24, 2.45) is 0 Å². The molecule has 2 aliphatic heterocycles. The number of benzene rings is 2. The number of fused-ring (bicyclic) bond motifs is 1. The number of non-ortho nitro benzene ring substituents is 1. The minimum atomic E-state index is -0.836. The van der Waals surface area contributed by atoms with E-state index in [4.69, 9.17) is 9.47 Å². The van der Waals surface area contributed by atoms with E-state index < -0.39 is 29.3 Å². The molecule has 8 nitrogen and oxygen atoms in total. The van der Waals surface area contributed by atoms with Gasteiger partial charge in [0.25, 0.3) is 5.69 Å². The Morgan fingerprint density at radius 2 is 1.89 bits per heavy atom. The van der Waals surface area contributed by atoms with Crippen molar-refractivity contribution >= 4 is 17.6 Å². The summed E-state index contributed by atoms with van der Waals surface area (Å²) in [4.78, 5) is 36.3. The third-order valence-electron chi connectivity index (χ3n) is 4.74. The SMILES string of the molecule is O=C(OCc1ccc([N+](=O)[O-])cc1)[C@H]1[C@@H](c2ccccc2)O[C@@H]2CC(=O)N21. The van der Waals surface area contributed by atoms with E-state index in [0.29, 0.717) is 5.56 Å². The lowest BCUT2D eigenvalue weighted by atomic mass is 10.0. The van der Waals surface area contributed by atoms with Crippen LogP contribution in [0.1, 0.15) is 23.7 Å². The lowest BCUT2D eigenvalue weighted by molar-refractivity contribution is -0.384. The Morgan fingerprint density at radius 1 is 1.19 bits per heavy atom. The summed E-state index contributed by atoms with van der Waals surface area (Å²) in [6.45, 7) is -0.0401. The minimum absolute atomic E-state index is 0.0348. The number of nitrogens with zero attached hydrogens (tertiary/aromatic N) is 2. The van der Waals surface area contributed by atoms with E-state index in [1.54, 1.807) is 0 Å². The van der Waals surface area contributed by atoms with Crippen molar-refractivity contribution in [1.82, 2.24) is 4.90 Å². The first kappa shape index (κ1) is 17.2. The Morgan fingerprint density at radius 3 is 2.52 bits per heavy atom. The van der Waals surface area contributed by atoms with Gasteiger partial charge in [0.1, 0.15) is 18.9 Å². The number of hydrogen-bond acceptors (Lipinski definition) is 6. The molecule has 3 atom stereocenters. The number of nitro benzene ring substituents is 1. The maximum absolute atomic E-state index is 12.7. The number of carbonyl (C=O) groups excluding carboxylic acids is 2. The van der Waals surface area contributed by atoms with Crippen molar-refractivity contribution in [1.29, 1.82) is 0 Å².